The summed E-state index contributed by atoms with van der Waals surface area (Å²) >= 11 is 0. The lowest BCUT2D eigenvalue weighted by atomic mass is 9.81. The minimum atomic E-state index is -1.13. The lowest BCUT2D eigenvalue weighted by Gasteiger charge is -2.28. The first kappa shape index (κ1) is 17.9. The highest BCUT2D eigenvalue weighted by Crippen LogP contribution is 2.51. The molecule has 4 aromatic rings. The van der Waals surface area contributed by atoms with Crippen molar-refractivity contribution in [3.05, 3.63) is 119 Å². The zero-order chi connectivity index (χ0) is 20.0. The Bertz CT molecular complexity index is 1140. The predicted octanol–water partition coefficient (Wildman–Crippen LogP) is 6.74. The Morgan fingerprint density at radius 3 is 1.76 bits per heavy atom. The average Bonchev–Trinajstić information content (AvgIpc) is 3.04. The quantitative estimate of drug-likeness (QED) is 0.420. The summed E-state index contributed by atoms with van der Waals surface area (Å²) in [5, 5.41) is 12.1. The van der Waals surface area contributed by atoms with Gasteiger partial charge in [0, 0.05) is 11.1 Å². The van der Waals surface area contributed by atoms with Crippen LogP contribution in [0.1, 0.15) is 42.0 Å². The number of hydrogen-bond donors (Lipinski definition) is 1. The van der Waals surface area contributed by atoms with Crippen molar-refractivity contribution in [1.29, 1.82) is 0 Å². The maximum Gasteiger partial charge on any atom is 0.141 e. The third-order valence-electron chi connectivity index (χ3n) is 6.10. The van der Waals surface area contributed by atoms with Crippen LogP contribution in [-0.4, -0.2) is 5.11 Å². The molecule has 1 nitrogen and oxygen atoms in total. The molecule has 0 saturated heterocycles. The van der Waals surface area contributed by atoms with Gasteiger partial charge in [-0.2, -0.15) is 0 Å². The third kappa shape index (κ3) is 2.66. The second-order valence-electron chi connectivity index (χ2n) is 8.12. The summed E-state index contributed by atoms with van der Waals surface area (Å²) in [5.74, 6) is 0.348. The number of aliphatic hydroxyl groups is 1. The lowest BCUT2D eigenvalue weighted by Crippen LogP contribution is -2.26. The van der Waals surface area contributed by atoms with Crippen molar-refractivity contribution in [3.63, 3.8) is 0 Å². The van der Waals surface area contributed by atoms with Crippen LogP contribution in [0.15, 0.2) is 97.1 Å². The van der Waals surface area contributed by atoms with E-state index in [1.54, 1.807) is 0 Å². The molecule has 1 aliphatic carbocycles. The van der Waals surface area contributed by atoms with Gasteiger partial charge in [-0.15, -0.1) is 0 Å². The first-order valence-corrected chi connectivity index (χ1v) is 10.2. The molecule has 0 saturated carbocycles. The Labute approximate surface area is 172 Å². The molecule has 29 heavy (non-hydrogen) atoms. The van der Waals surface area contributed by atoms with Gasteiger partial charge in [-0.25, -0.2) is 0 Å². The van der Waals surface area contributed by atoms with Crippen LogP contribution in [0.3, 0.4) is 0 Å². The molecule has 0 radical (unpaired) electrons. The van der Waals surface area contributed by atoms with Gasteiger partial charge in [-0.05, 0) is 39.3 Å². The molecule has 0 amide bonds. The maximum atomic E-state index is 12.1. The lowest BCUT2D eigenvalue weighted by molar-refractivity contribution is 0.130. The summed E-state index contributed by atoms with van der Waals surface area (Å²) in [4.78, 5) is 0. The van der Waals surface area contributed by atoms with Crippen LogP contribution >= 0.6 is 0 Å². The van der Waals surface area contributed by atoms with Crippen LogP contribution in [0.4, 0.5) is 0 Å². The molecule has 142 valence electrons. The molecule has 0 heterocycles. The van der Waals surface area contributed by atoms with Gasteiger partial charge in [0.25, 0.3) is 0 Å². The van der Waals surface area contributed by atoms with Gasteiger partial charge in [-0.1, -0.05) is 111 Å². The van der Waals surface area contributed by atoms with Crippen LogP contribution in [0.25, 0.3) is 22.3 Å². The van der Waals surface area contributed by atoms with Gasteiger partial charge in [0.15, 0.2) is 0 Å². The van der Waals surface area contributed by atoms with E-state index in [1.165, 1.54) is 16.7 Å². The standard InChI is InChI=1S/C28H24O/c1-19(2)25-18-21(16-17-22(25)20-10-4-3-5-11-20)28(29)26-14-8-6-12-23(26)24-13-7-9-15-27(24)28/h3-19,29H,1-2H3. The van der Waals surface area contributed by atoms with Crippen molar-refractivity contribution in [1.82, 2.24) is 0 Å². The third-order valence-corrected chi connectivity index (χ3v) is 6.10. The smallest absolute Gasteiger partial charge is 0.141 e. The monoisotopic (exact) mass is 376 g/mol. The number of benzene rings is 4. The van der Waals surface area contributed by atoms with Crippen LogP contribution in [0.2, 0.25) is 0 Å². The Kier molecular flexibility index (Phi) is 4.15. The number of hydrogen-bond acceptors (Lipinski definition) is 1. The maximum absolute atomic E-state index is 12.1. The first-order valence-electron chi connectivity index (χ1n) is 10.2. The highest BCUT2D eigenvalue weighted by molar-refractivity contribution is 5.82. The molecule has 0 aliphatic heterocycles. The van der Waals surface area contributed by atoms with Gasteiger partial charge >= 0.3 is 0 Å². The highest BCUT2D eigenvalue weighted by atomic mass is 16.3. The van der Waals surface area contributed by atoms with E-state index < -0.39 is 5.60 Å². The Morgan fingerprint density at radius 1 is 0.621 bits per heavy atom. The second kappa shape index (κ2) is 6.72. The summed E-state index contributed by atoms with van der Waals surface area (Å²) in [7, 11) is 0. The fourth-order valence-corrected chi connectivity index (χ4v) is 4.67. The summed E-state index contributed by atoms with van der Waals surface area (Å²) < 4.78 is 0. The normalized spacial score (nSPS) is 13.9. The minimum Gasteiger partial charge on any atom is -0.376 e. The van der Waals surface area contributed by atoms with Crippen LogP contribution in [-0.2, 0) is 5.60 Å². The van der Waals surface area contributed by atoms with Gasteiger partial charge in [0.05, 0.1) is 0 Å². The zero-order valence-electron chi connectivity index (χ0n) is 16.8. The summed E-state index contributed by atoms with van der Waals surface area (Å²) in [6.07, 6.45) is 0. The topological polar surface area (TPSA) is 20.2 Å². The van der Waals surface area contributed by atoms with E-state index in [4.69, 9.17) is 0 Å². The molecule has 0 spiro atoms. The van der Waals surface area contributed by atoms with E-state index in [2.05, 4.69) is 80.6 Å². The first-order chi connectivity index (χ1) is 14.1. The van der Waals surface area contributed by atoms with Crippen molar-refractivity contribution in [2.75, 3.05) is 0 Å². The molecule has 1 heteroatoms. The molecule has 0 atom stereocenters. The molecule has 1 N–H and O–H groups in total. The average molecular weight is 376 g/mol. The van der Waals surface area contributed by atoms with E-state index >= 15 is 0 Å². The molecule has 0 unspecified atom stereocenters. The van der Waals surface area contributed by atoms with Gasteiger partial charge in [0.1, 0.15) is 5.60 Å². The van der Waals surface area contributed by atoms with Gasteiger partial charge < -0.3 is 5.11 Å². The molecule has 0 fully saturated rings. The van der Waals surface area contributed by atoms with Crippen LogP contribution in [0, 0.1) is 0 Å². The summed E-state index contributed by atoms with van der Waals surface area (Å²) in [6.45, 7) is 4.43. The van der Waals surface area contributed by atoms with E-state index in [0.717, 1.165) is 27.8 Å². The fourth-order valence-electron chi connectivity index (χ4n) is 4.67. The van der Waals surface area contributed by atoms with Crippen molar-refractivity contribution in [3.8, 4) is 22.3 Å². The second-order valence-corrected chi connectivity index (χ2v) is 8.12. The number of fused-ring (bicyclic) bond motifs is 3. The molecular weight excluding hydrogens is 352 g/mol. The Morgan fingerprint density at radius 2 is 1.17 bits per heavy atom. The summed E-state index contributed by atoms with van der Waals surface area (Å²) in [5.41, 5.74) is 7.64. The van der Waals surface area contributed by atoms with Crippen molar-refractivity contribution in [2.45, 2.75) is 25.4 Å². The predicted molar refractivity (Wildman–Crippen MR) is 120 cm³/mol. The van der Waals surface area contributed by atoms with Crippen molar-refractivity contribution in [2.24, 2.45) is 0 Å². The zero-order valence-corrected chi connectivity index (χ0v) is 16.8. The van der Waals surface area contributed by atoms with E-state index in [0.29, 0.717) is 5.92 Å². The Hall–Kier alpha value is -3.16. The highest BCUT2D eigenvalue weighted by Gasteiger charge is 2.43. The minimum absolute atomic E-state index is 0.348. The molecule has 1 aliphatic rings. The van der Waals surface area contributed by atoms with Crippen LogP contribution < -0.4 is 0 Å². The van der Waals surface area contributed by atoms with E-state index in [9.17, 15) is 5.11 Å². The fraction of sp³-hybridized carbons (Fsp3) is 0.143. The molecular formula is C28H24O. The van der Waals surface area contributed by atoms with E-state index in [1.807, 2.05) is 30.3 Å². The van der Waals surface area contributed by atoms with Crippen LogP contribution in [0.5, 0.6) is 0 Å². The molecule has 4 aromatic carbocycles. The molecule has 0 aromatic heterocycles. The largest absolute Gasteiger partial charge is 0.376 e. The molecule has 0 bridgehead atoms. The Balaban J connectivity index is 1.75. The van der Waals surface area contributed by atoms with Crippen molar-refractivity contribution < 1.29 is 5.11 Å². The summed E-state index contributed by atoms with van der Waals surface area (Å²) in [6, 6.07) is 33.4. The SMILES string of the molecule is CC(C)c1cc(C2(O)c3ccccc3-c3ccccc32)ccc1-c1ccccc1. The van der Waals surface area contributed by atoms with Gasteiger partial charge in [0.2, 0.25) is 0 Å². The number of rotatable bonds is 3. The van der Waals surface area contributed by atoms with E-state index in [-0.39, 0.29) is 0 Å². The van der Waals surface area contributed by atoms with Crippen molar-refractivity contribution >= 4 is 0 Å². The molecule has 5 rings (SSSR count). The van der Waals surface area contributed by atoms with Gasteiger partial charge in [-0.3, -0.25) is 0 Å².